The number of ether oxygens (including phenoxy) is 1. The molecule has 0 saturated carbocycles. The van der Waals surface area contributed by atoms with Gasteiger partial charge >= 0.3 is 6.09 Å². The Morgan fingerprint density at radius 3 is 1.85 bits per heavy atom. The summed E-state index contributed by atoms with van der Waals surface area (Å²) in [7, 11) is 0. The number of carbonyl (C=O) groups excluding carboxylic acids is 6. The van der Waals surface area contributed by atoms with E-state index in [4.69, 9.17) is 10.5 Å². The largest absolute Gasteiger partial charge is 0.445 e. The van der Waals surface area contributed by atoms with Crippen LogP contribution in [0.3, 0.4) is 0 Å². The molecule has 1 rings (SSSR count). The van der Waals surface area contributed by atoms with Gasteiger partial charge < -0.3 is 52.1 Å². The fourth-order valence-corrected chi connectivity index (χ4v) is 4.61. The Morgan fingerprint density at radius 1 is 0.771 bits per heavy atom. The zero-order chi connectivity index (χ0) is 36.1. The Kier molecular flexibility index (Phi) is 20.3. The van der Waals surface area contributed by atoms with Gasteiger partial charge in [0, 0.05) is 0 Å². The zero-order valence-corrected chi connectivity index (χ0v) is 28.4. The van der Waals surface area contributed by atoms with Gasteiger partial charge in [0.2, 0.25) is 23.6 Å². The minimum atomic E-state index is -1.55. The van der Waals surface area contributed by atoms with Gasteiger partial charge in [-0.25, -0.2) is 4.79 Å². The molecule has 0 aliphatic heterocycles. The summed E-state index contributed by atoms with van der Waals surface area (Å²) < 4.78 is 5.07. The van der Waals surface area contributed by atoms with Crippen LogP contribution >= 0.6 is 0 Å². The molecule has 0 saturated heterocycles. The second-order valence-electron chi connectivity index (χ2n) is 12.2. The molecule has 0 spiro atoms. The highest BCUT2D eigenvalue weighted by Gasteiger charge is 2.32. The van der Waals surface area contributed by atoms with Crippen molar-refractivity contribution in [1.29, 1.82) is 0 Å². The van der Waals surface area contributed by atoms with Crippen molar-refractivity contribution >= 4 is 36.0 Å². The highest BCUT2D eigenvalue weighted by molar-refractivity contribution is 5.95. The van der Waals surface area contributed by atoms with Gasteiger partial charge in [0.15, 0.2) is 0 Å². The first kappa shape index (κ1) is 41.9. The molecule has 0 fully saturated rings. The van der Waals surface area contributed by atoms with Crippen LogP contribution in [0, 0.1) is 11.8 Å². The van der Waals surface area contributed by atoms with Gasteiger partial charge in [0.25, 0.3) is 0 Å². The second kappa shape index (κ2) is 23.3. The van der Waals surface area contributed by atoms with Gasteiger partial charge in [-0.05, 0) is 56.0 Å². The number of aliphatic hydroxyl groups excluding tert-OH is 2. The quantitative estimate of drug-likeness (QED) is 0.0570. The predicted molar refractivity (Wildman–Crippen MR) is 178 cm³/mol. The molecule has 6 atom stereocenters. The Labute approximate surface area is 282 Å². The van der Waals surface area contributed by atoms with Crippen LogP contribution < -0.4 is 32.3 Å². The Morgan fingerprint density at radius 2 is 1.31 bits per heavy atom. The number of benzene rings is 1. The predicted octanol–water partition coefficient (Wildman–Crippen LogP) is 0.0154. The zero-order valence-electron chi connectivity index (χ0n) is 28.4. The van der Waals surface area contributed by atoms with Gasteiger partial charge in [0.05, 0.1) is 19.3 Å². The molecular formula is C33H54N6O9. The number of carbonyl (C=O) groups is 6. The molecule has 5 amide bonds. The van der Waals surface area contributed by atoms with Crippen LogP contribution in [0.5, 0.6) is 0 Å². The van der Waals surface area contributed by atoms with E-state index in [-0.39, 0.29) is 31.3 Å². The number of aliphatic hydroxyl groups is 2. The van der Waals surface area contributed by atoms with Crippen LogP contribution in [0.1, 0.15) is 71.8 Å². The molecule has 0 bridgehead atoms. The van der Waals surface area contributed by atoms with E-state index in [2.05, 4.69) is 26.6 Å². The first-order valence-electron chi connectivity index (χ1n) is 16.4. The second-order valence-corrected chi connectivity index (χ2v) is 12.2. The number of alkyl carbamates (subject to hydrolysis) is 1. The lowest BCUT2D eigenvalue weighted by molar-refractivity contribution is -0.135. The first-order valence-corrected chi connectivity index (χ1v) is 16.4. The molecule has 270 valence electrons. The number of unbranched alkanes of at least 4 members (excludes halogenated alkanes) is 1. The summed E-state index contributed by atoms with van der Waals surface area (Å²) in [5.74, 6) is -2.91. The van der Waals surface area contributed by atoms with Crippen molar-refractivity contribution in [3.05, 3.63) is 35.9 Å². The molecule has 15 heteroatoms. The Hall–Kier alpha value is -4.08. The normalized spacial score (nSPS) is 14.8. The van der Waals surface area contributed by atoms with Crippen molar-refractivity contribution < 1.29 is 43.7 Å². The van der Waals surface area contributed by atoms with E-state index in [9.17, 15) is 39.0 Å². The number of rotatable bonds is 23. The van der Waals surface area contributed by atoms with Gasteiger partial charge in [0.1, 0.15) is 37.1 Å². The van der Waals surface area contributed by atoms with Crippen LogP contribution in [0.4, 0.5) is 4.79 Å². The van der Waals surface area contributed by atoms with Crippen LogP contribution in [0.15, 0.2) is 30.3 Å². The van der Waals surface area contributed by atoms with Crippen molar-refractivity contribution in [2.45, 2.75) is 103 Å². The van der Waals surface area contributed by atoms with E-state index in [1.54, 1.807) is 30.3 Å². The maximum absolute atomic E-state index is 13.5. The summed E-state index contributed by atoms with van der Waals surface area (Å²) in [5.41, 5.74) is 6.31. The van der Waals surface area contributed by atoms with E-state index >= 15 is 0 Å². The number of aldehydes is 1. The molecule has 1 aromatic carbocycles. The van der Waals surface area contributed by atoms with Crippen LogP contribution in [-0.4, -0.2) is 96.2 Å². The summed E-state index contributed by atoms with van der Waals surface area (Å²) in [6.45, 7) is 6.24. The number of nitrogens with two attached hydrogens (primary N) is 1. The maximum atomic E-state index is 13.5. The smallest absolute Gasteiger partial charge is 0.408 e. The SMILES string of the molecule is CC[C@H](C)C[C@H](NC(=O)[C@H](CCCCN)NC(=O)[C@H](CO)NC(=O)[C@H](CO)NC(=O)OCc1ccccc1)C(=O)N[C@H](C=O)CC(C)C. The van der Waals surface area contributed by atoms with Crippen molar-refractivity contribution in [2.75, 3.05) is 19.8 Å². The molecular weight excluding hydrogens is 624 g/mol. The van der Waals surface area contributed by atoms with Gasteiger partial charge in [-0.3, -0.25) is 19.2 Å². The van der Waals surface area contributed by atoms with Gasteiger partial charge in [-0.15, -0.1) is 0 Å². The summed E-state index contributed by atoms with van der Waals surface area (Å²) in [6, 6.07) is 2.81. The monoisotopic (exact) mass is 678 g/mol. The molecule has 1 aromatic rings. The molecule has 0 aliphatic rings. The number of hydrogen-bond donors (Lipinski definition) is 8. The lowest BCUT2D eigenvalue weighted by atomic mass is 9.97. The minimum Gasteiger partial charge on any atom is -0.445 e. The average Bonchev–Trinajstić information content (AvgIpc) is 3.07. The third-order valence-electron chi connectivity index (χ3n) is 7.58. The average molecular weight is 679 g/mol. The third kappa shape index (κ3) is 16.2. The van der Waals surface area contributed by atoms with Crippen LogP contribution in [-0.2, 0) is 35.3 Å². The van der Waals surface area contributed by atoms with Crippen LogP contribution in [0.2, 0.25) is 0 Å². The van der Waals surface area contributed by atoms with E-state index in [1.807, 2.05) is 27.7 Å². The molecule has 15 nitrogen and oxygen atoms in total. The van der Waals surface area contributed by atoms with Gasteiger partial charge in [-0.1, -0.05) is 64.4 Å². The molecule has 0 aliphatic carbocycles. The van der Waals surface area contributed by atoms with Crippen molar-refractivity contribution in [1.82, 2.24) is 26.6 Å². The molecule has 0 radical (unpaired) electrons. The summed E-state index contributed by atoms with van der Waals surface area (Å²) in [4.78, 5) is 76.6. The molecule has 0 unspecified atom stereocenters. The lowest BCUT2D eigenvalue weighted by Crippen LogP contribution is -2.60. The van der Waals surface area contributed by atoms with E-state index in [0.29, 0.717) is 37.7 Å². The fraction of sp³-hybridized carbons (Fsp3) is 0.636. The molecule has 0 aromatic heterocycles. The Bertz CT molecular complexity index is 1150. The highest BCUT2D eigenvalue weighted by Crippen LogP contribution is 2.13. The third-order valence-corrected chi connectivity index (χ3v) is 7.58. The van der Waals surface area contributed by atoms with Crippen LogP contribution in [0.25, 0.3) is 0 Å². The number of hydrogen-bond acceptors (Lipinski definition) is 10. The summed E-state index contributed by atoms with van der Waals surface area (Å²) >= 11 is 0. The first-order chi connectivity index (χ1) is 22.9. The topological polar surface area (TPSA) is 238 Å². The highest BCUT2D eigenvalue weighted by atomic mass is 16.5. The molecule has 48 heavy (non-hydrogen) atoms. The minimum absolute atomic E-state index is 0.0452. The Balaban J connectivity index is 2.99. The standard InChI is InChI=1S/C33H54N6O9/c1-5-22(4)16-26(30(44)35-24(17-40)15-21(2)3)37-29(43)25(13-9-10-14-34)36-31(45)27(18-41)38-32(46)28(19-42)39-33(47)48-20-23-11-7-6-8-12-23/h6-8,11-12,17,21-22,24-28,41-42H,5,9-10,13-16,18-20,34H2,1-4H3,(H,35,44)(H,36,45)(H,37,43)(H,38,46)(H,39,47)/t22-,24-,25-,26-,27-,28-/m0/s1. The summed E-state index contributed by atoms with van der Waals surface area (Å²) in [6.07, 6.45) is 2.21. The van der Waals surface area contributed by atoms with Gasteiger partial charge in [-0.2, -0.15) is 0 Å². The lowest BCUT2D eigenvalue weighted by Gasteiger charge is -2.27. The molecule has 0 heterocycles. The van der Waals surface area contributed by atoms with Crippen molar-refractivity contribution in [3.8, 4) is 0 Å². The number of nitrogens with one attached hydrogen (secondary N) is 5. The van der Waals surface area contributed by atoms with Crippen molar-refractivity contribution in [3.63, 3.8) is 0 Å². The molecule has 9 N–H and O–H groups in total. The summed E-state index contributed by atoms with van der Waals surface area (Å²) in [5, 5.41) is 32.0. The van der Waals surface area contributed by atoms with E-state index in [0.717, 1.165) is 6.42 Å². The van der Waals surface area contributed by atoms with E-state index < -0.39 is 73.1 Å². The maximum Gasteiger partial charge on any atom is 0.408 e. The number of amides is 5. The van der Waals surface area contributed by atoms with E-state index in [1.165, 1.54) is 0 Å². The van der Waals surface area contributed by atoms with Crippen molar-refractivity contribution in [2.24, 2.45) is 17.6 Å². The fourth-order valence-electron chi connectivity index (χ4n) is 4.61.